The highest BCUT2D eigenvalue weighted by molar-refractivity contribution is 5.72. The largest absolute Gasteiger partial charge is 0.469 e. The van der Waals surface area contributed by atoms with Gasteiger partial charge in [-0.2, -0.15) is 0 Å². The van der Waals surface area contributed by atoms with E-state index in [-0.39, 0.29) is 11.9 Å². The summed E-state index contributed by atoms with van der Waals surface area (Å²) >= 11 is 0. The van der Waals surface area contributed by atoms with Crippen molar-refractivity contribution in [1.82, 2.24) is 25.1 Å². The Kier molecular flexibility index (Phi) is 2.99. The number of carbonyl (C=O) groups is 1. The topological polar surface area (TPSA) is 73.1 Å². The Balaban J connectivity index is 1.60. The van der Waals surface area contributed by atoms with Gasteiger partial charge in [0, 0.05) is 6.54 Å². The number of likely N-dealkylation sites (tertiary alicyclic amines) is 1. The minimum atomic E-state index is -0.112. The minimum Gasteiger partial charge on any atom is -0.469 e. The van der Waals surface area contributed by atoms with Crippen LogP contribution in [-0.2, 0) is 16.1 Å². The molecule has 18 heavy (non-hydrogen) atoms. The molecule has 98 valence electrons. The maximum atomic E-state index is 11.5. The number of rotatable bonds is 4. The molecule has 0 N–H and O–H groups in total. The Morgan fingerprint density at radius 1 is 1.44 bits per heavy atom. The SMILES string of the molecule is COC(=O)C1CCN(Cc2nnnn2C2CC2)C1. The second kappa shape index (κ2) is 4.64. The van der Waals surface area contributed by atoms with Crippen molar-refractivity contribution < 1.29 is 9.53 Å². The molecule has 1 unspecified atom stereocenters. The monoisotopic (exact) mass is 251 g/mol. The van der Waals surface area contributed by atoms with Crippen molar-refractivity contribution in [2.45, 2.75) is 31.8 Å². The summed E-state index contributed by atoms with van der Waals surface area (Å²) in [5, 5.41) is 11.8. The van der Waals surface area contributed by atoms with Gasteiger partial charge in [-0.25, -0.2) is 4.68 Å². The smallest absolute Gasteiger partial charge is 0.310 e. The number of esters is 1. The van der Waals surface area contributed by atoms with Crippen LogP contribution in [0.3, 0.4) is 0 Å². The van der Waals surface area contributed by atoms with Gasteiger partial charge in [0.1, 0.15) is 0 Å². The average Bonchev–Trinajstić information content (AvgIpc) is 2.95. The van der Waals surface area contributed by atoms with Gasteiger partial charge in [-0.15, -0.1) is 5.10 Å². The second-order valence-electron chi connectivity index (χ2n) is 5.01. The fraction of sp³-hybridized carbons (Fsp3) is 0.818. The van der Waals surface area contributed by atoms with Crippen LogP contribution in [0.25, 0.3) is 0 Å². The minimum absolute atomic E-state index is 0.000237. The fourth-order valence-electron chi connectivity index (χ4n) is 2.45. The highest BCUT2D eigenvalue weighted by atomic mass is 16.5. The van der Waals surface area contributed by atoms with Crippen molar-refractivity contribution in [2.75, 3.05) is 20.2 Å². The lowest BCUT2D eigenvalue weighted by Crippen LogP contribution is -2.25. The molecule has 7 nitrogen and oxygen atoms in total. The summed E-state index contributed by atoms with van der Waals surface area (Å²) in [6, 6.07) is 0.494. The van der Waals surface area contributed by atoms with Crippen molar-refractivity contribution in [1.29, 1.82) is 0 Å². The highest BCUT2D eigenvalue weighted by Gasteiger charge is 2.32. The Morgan fingerprint density at radius 3 is 3.00 bits per heavy atom. The lowest BCUT2D eigenvalue weighted by molar-refractivity contribution is -0.144. The van der Waals surface area contributed by atoms with Gasteiger partial charge in [-0.05, 0) is 36.2 Å². The maximum absolute atomic E-state index is 11.5. The van der Waals surface area contributed by atoms with Crippen LogP contribution in [0.15, 0.2) is 0 Å². The molecule has 2 fully saturated rings. The molecule has 0 spiro atoms. The van der Waals surface area contributed by atoms with Gasteiger partial charge in [-0.1, -0.05) is 0 Å². The van der Waals surface area contributed by atoms with Crippen LogP contribution >= 0.6 is 0 Å². The van der Waals surface area contributed by atoms with E-state index in [4.69, 9.17) is 4.74 Å². The lowest BCUT2D eigenvalue weighted by atomic mass is 10.1. The summed E-state index contributed by atoms with van der Waals surface area (Å²) in [5.74, 6) is 0.794. The van der Waals surface area contributed by atoms with Gasteiger partial charge in [0.25, 0.3) is 0 Å². The van der Waals surface area contributed by atoms with E-state index >= 15 is 0 Å². The summed E-state index contributed by atoms with van der Waals surface area (Å²) in [6.07, 6.45) is 3.20. The quantitative estimate of drug-likeness (QED) is 0.701. The van der Waals surface area contributed by atoms with E-state index in [1.54, 1.807) is 0 Å². The number of hydrogen-bond donors (Lipinski definition) is 0. The third-order valence-electron chi connectivity index (χ3n) is 3.63. The van der Waals surface area contributed by atoms with E-state index in [0.29, 0.717) is 6.04 Å². The molecule has 1 atom stereocenters. The Bertz CT molecular complexity index is 442. The molecule has 0 aromatic carbocycles. The van der Waals surface area contributed by atoms with Crippen molar-refractivity contribution in [3.63, 3.8) is 0 Å². The van der Waals surface area contributed by atoms with Crippen molar-refractivity contribution in [3.8, 4) is 0 Å². The molecule has 1 aliphatic carbocycles. The van der Waals surface area contributed by atoms with Crippen molar-refractivity contribution in [3.05, 3.63) is 5.82 Å². The van der Waals surface area contributed by atoms with Crippen LogP contribution in [0, 0.1) is 5.92 Å². The summed E-state index contributed by atoms with van der Waals surface area (Å²) in [5.41, 5.74) is 0. The first-order valence-corrected chi connectivity index (χ1v) is 6.35. The molecule has 2 aliphatic rings. The average molecular weight is 251 g/mol. The van der Waals surface area contributed by atoms with Crippen molar-refractivity contribution >= 4 is 5.97 Å². The van der Waals surface area contributed by atoms with Crippen LogP contribution in [-0.4, -0.2) is 51.3 Å². The number of ether oxygens (including phenoxy) is 1. The third-order valence-corrected chi connectivity index (χ3v) is 3.63. The van der Waals surface area contributed by atoms with Crippen LogP contribution in [0.5, 0.6) is 0 Å². The standard InChI is InChI=1S/C11H17N5O2/c1-18-11(17)8-4-5-15(6-8)7-10-12-13-14-16(10)9-2-3-9/h8-9H,2-7H2,1H3. The summed E-state index contributed by atoms with van der Waals surface area (Å²) < 4.78 is 6.70. The number of aromatic nitrogens is 4. The predicted octanol–water partition coefficient (Wildman–Crippen LogP) is 0.00290. The molecule has 1 saturated carbocycles. The Labute approximate surface area is 105 Å². The van der Waals surface area contributed by atoms with Gasteiger partial charge in [-0.3, -0.25) is 9.69 Å². The van der Waals surface area contributed by atoms with E-state index in [1.807, 2.05) is 4.68 Å². The van der Waals surface area contributed by atoms with E-state index in [0.717, 1.165) is 31.9 Å². The molecule has 3 rings (SSSR count). The number of carbonyl (C=O) groups excluding carboxylic acids is 1. The van der Waals surface area contributed by atoms with Gasteiger partial charge in [0.05, 0.1) is 25.6 Å². The van der Waals surface area contributed by atoms with Gasteiger partial charge in [0.2, 0.25) is 0 Å². The summed E-state index contributed by atoms with van der Waals surface area (Å²) in [6.45, 7) is 2.36. The number of nitrogens with zero attached hydrogens (tertiary/aromatic N) is 5. The molecule has 1 aliphatic heterocycles. The molecular weight excluding hydrogens is 234 g/mol. The zero-order valence-electron chi connectivity index (χ0n) is 10.4. The molecule has 0 radical (unpaired) electrons. The van der Waals surface area contributed by atoms with E-state index in [2.05, 4.69) is 20.4 Å². The zero-order chi connectivity index (χ0) is 12.5. The molecule has 0 amide bonds. The summed E-state index contributed by atoms with van der Waals surface area (Å²) in [7, 11) is 1.44. The second-order valence-corrected chi connectivity index (χ2v) is 5.01. The van der Waals surface area contributed by atoms with Crippen LogP contribution in [0.2, 0.25) is 0 Å². The van der Waals surface area contributed by atoms with Crippen molar-refractivity contribution in [2.24, 2.45) is 5.92 Å². The number of hydrogen-bond acceptors (Lipinski definition) is 6. The normalized spacial score (nSPS) is 24.4. The fourth-order valence-corrected chi connectivity index (χ4v) is 2.45. The van der Waals surface area contributed by atoms with E-state index < -0.39 is 0 Å². The zero-order valence-corrected chi connectivity index (χ0v) is 10.4. The van der Waals surface area contributed by atoms with Crippen LogP contribution in [0.4, 0.5) is 0 Å². The van der Waals surface area contributed by atoms with Gasteiger partial charge in [0.15, 0.2) is 5.82 Å². The summed E-state index contributed by atoms with van der Waals surface area (Å²) in [4.78, 5) is 13.7. The lowest BCUT2D eigenvalue weighted by Gasteiger charge is -2.14. The molecule has 0 bridgehead atoms. The first-order chi connectivity index (χ1) is 8.78. The third kappa shape index (κ3) is 2.22. The van der Waals surface area contributed by atoms with E-state index in [1.165, 1.54) is 20.0 Å². The molecule has 2 heterocycles. The molecule has 1 aromatic rings. The number of tetrazole rings is 1. The van der Waals surface area contributed by atoms with Crippen LogP contribution in [0.1, 0.15) is 31.1 Å². The van der Waals surface area contributed by atoms with Crippen LogP contribution < -0.4 is 0 Å². The predicted molar refractivity (Wildman–Crippen MR) is 61.5 cm³/mol. The Morgan fingerprint density at radius 2 is 2.28 bits per heavy atom. The molecule has 1 aromatic heterocycles. The first kappa shape index (κ1) is 11.6. The first-order valence-electron chi connectivity index (χ1n) is 6.35. The molecule has 1 saturated heterocycles. The van der Waals surface area contributed by atoms with Gasteiger partial charge < -0.3 is 4.74 Å². The maximum Gasteiger partial charge on any atom is 0.310 e. The Hall–Kier alpha value is -1.50. The van der Waals surface area contributed by atoms with Gasteiger partial charge >= 0.3 is 5.97 Å². The highest BCUT2D eigenvalue weighted by Crippen LogP contribution is 2.34. The molecular formula is C11H17N5O2. The molecule has 7 heteroatoms. The van der Waals surface area contributed by atoms with E-state index in [9.17, 15) is 4.79 Å². The number of methoxy groups -OCH3 is 1.